The Bertz CT molecular complexity index is 1380. The third kappa shape index (κ3) is 4.72. The lowest BCUT2D eigenvalue weighted by Gasteiger charge is -2.16. The Hall–Kier alpha value is -2.52. The van der Waals surface area contributed by atoms with E-state index in [2.05, 4.69) is 21.3 Å². The molecule has 0 fully saturated rings. The van der Waals surface area contributed by atoms with Crippen molar-refractivity contribution in [1.29, 1.82) is 0 Å². The number of fused-ring (bicyclic) bond motifs is 1. The standard InChI is InChI=1S/C21H19Cl2N5O2S/c1-2-3-10-27-11-12-28(14-27)21-20(24-17-6-4-5-7-18(17)25-21)26-31(29,30)19-13-15(22)8-9-16(19)23/h4-9,11-14H,2-3,10H2,1H3. The molecule has 4 aromatic rings. The Kier molecular flexibility index (Phi) is 6.24. The second-order valence-corrected chi connectivity index (χ2v) is 9.33. The van der Waals surface area contributed by atoms with E-state index >= 15 is 0 Å². The minimum absolute atomic E-state index is 0.0295. The van der Waals surface area contributed by atoms with Gasteiger partial charge in [-0.1, -0.05) is 48.7 Å². The van der Waals surface area contributed by atoms with Crippen molar-refractivity contribution >= 4 is 50.1 Å². The predicted molar refractivity (Wildman–Crippen MR) is 120 cm³/mol. The van der Waals surface area contributed by atoms with Gasteiger partial charge in [0, 0.05) is 15.0 Å². The van der Waals surface area contributed by atoms with Crippen LogP contribution in [0.4, 0.5) is 5.82 Å². The summed E-state index contributed by atoms with van der Waals surface area (Å²) in [6.45, 7) is 2.96. The van der Waals surface area contributed by atoms with Gasteiger partial charge in [0.05, 0.1) is 27.5 Å². The Balaban J connectivity index is 1.91. The molecular formula is C21H19Cl2N5O2S. The molecule has 0 amide bonds. The number of para-hydroxylation sites is 2. The van der Waals surface area contributed by atoms with E-state index < -0.39 is 10.0 Å². The van der Waals surface area contributed by atoms with Crippen LogP contribution in [0.15, 0.2) is 70.4 Å². The molecule has 7 nitrogen and oxygen atoms in total. The van der Waals surface area contributed by atoms with Gasteiger partial charge in [-0.2, -0.15) is 8.93 Å². The quantitative estimate of drug-likeness (QED) is 0.362. The first-order valence-corrected chi connectivity index (χ1v) is 11.8. The highest BCUT2D eigenvalue weighted by molar-refractivity contribution is 7.88. The number of hydrogen-bond donors (Lipinski definition) is 0. The van der Waals surface area contributed by atoms with Crippen molar-refractivity contribution in [1.82, 2.24) is 14.5 Å². The number of halogens is 2. The van der Waals surface area contributed by atoms with Crippen LogP contribution in [0, 0.1) is 0 Å². The van der Waals surface area contributed by atoms with Crippen LogP contribution >= 0.6 is 23.2 Å². The SMILES string of the molecule is CCCC[n+]1ccn(-c2nc3ccccc3nc2N=S(=O)([O-])c2cc(Cl)ccc2Cl)c1. The summed E-state index contributed by atoms with van der Waals surface area (Å²) < 4.78 is 33.8. The molecule has 2 aromatic heterocycles. The van der Waals surface area contributed by atoms with E-state index in [1.165, 1.54) is 18.2 Å². The maximum Gasteiger partial charge on any atom is 0.272 e. The van der Waals surface area contributed by atoms with Gasteiger partial charge in [-0.25, -0.2) is 14.5 Å². The highest BCUT2D eigenvalue weighted by Gasteiger charge is 2.18. The molecule has 4 rings (SSSR count). The smallest absolute Gasteiger partial charge is 0.272 e. The second kappa shape index (κ2) is 8.92. The molecule has 31 heavy (non-hydrogen) atoms. The highest BCUT2D eigenvalue weighted by Crippen LogP contribution is 2.30. The topological polar surface area (TPSA) is 87.1 Å². The van der Waals surface area contributed by atoms with Gasteiger partial charge in [0.15, 0.2) is 0 Å². The molecule has 0 bridgehead atoms. The Morgan fingerprint density at radius 3 is 2.65 bits per heavy atom. The number of unbranched alkanes of at least 4 members (excludes halogenated alkanes) is 1. The molecule has 10 heteroatoms. The number of hydrogen-bond acceptors (Lipinski definition) is 5. The molecule has 0 aliphatic heterocycles. The van der Waals surface area contributed by atoms with Gasteiger partial charge in [0.25, 0.3) is 5.82 Å². The first-order valence-electron chi connectivity index (χ1n) is 9.64. The largest absolute Gasteiger partial charge is 0.760 e. The number of aromatic nitrogens is 4. The van der Waals surface area contributed by atoms with Crippen LogP contribution in [0.2, 0.25) is 10.0 Å². The average molecular weight is 476 g/mol. The zero-order chi connectivity index (χ0) is 22.0. The van der Waals surface area contributed by atoms with Gasteiger partial charge in [-0.3, -0.25) is 4.21 Å². The molecule has 2 heterocycles. The van der Waals surface area contributed by atoms with Crippen LogP contribution < -0.4 is 4.57 Å². The molecule has 0 saturated carbocycles. The number of rotatable bonds is 6. The fourth-order valence-corrected chi connectivity index (χ4v) is 4.73. The van der Waals surface area contributed by atoms with Gasteiger partial charge in [0.1, 0.15) is 12.4 Å². The summed E-state index contributed by atoms with van der Waals surface area (Å²) in [5.41, 5.74) is 1.16. The lowest BCUT2D eigenvalue weighted by Crippen LogP contribution is -2.30. The summed E-state index contributed by atoms with van der Waals surface area (Å²) >= 11 is 12.1. The normalized spacial score (nSPS) is 13.3. The Morgan fingerprint density at radius 2 is 1.90 bits per heavy atom. The molecule has 0 aliphatic carbocycles. The molecule has 0 spiro atoms. The minimum Gasteiger partial charge on any atom is -0.760 e. The fourth-order valence-electron chi connectivity index (χ4n) is 3.05. The summed E-state index contributed by atoms with van der Waals surface area (Å²) in [6.07, 6.45) is 7.63. The van der Waals surface area contributed by atoms with Crippen molar-refractivity contribution in [3.8, 4) is 5.82 Å². The van der Waals surface area contributed by atoms with Gasteiger partial charge in [0.2, 0.25) is 12.1 Å². The Labute approximate surface area is 190 Å². The third-order valence-corrected chi connectivity index (χ3v) is 6.60. The summed E-state index contributed by atoms with van der Waals surface area (Å²) in [7, 11) is -4.19. The minimum atomic E-state index is -4.19. The summed E-state index contributed by atoms with van der Waals surface area (Å²) in [6, 6.07) is 11.4. The molecule has 0 saturated heterocycles. The van der Waals surface area contributed by atoms with Crippen molar-refractivity contribution in [3.05, 3.63) is 71.2 Å². The number of aryl methyl sites for hydroxylation is 1. The monoisotopic (exact) mass is 475 g/mol. The number of imidazole rings is 1. The van der Waals surface area contributed by atoms with E-state index in [0.717, 1.165) is 19.4 Å². The molecule has 160 valence electrons. The molecule has 0 radical (unpaired) electrons. The van der Waals surface area contributed by atoms with Crippen LogP contribution in [0.3, 0.4) is 0 Å². The van der Waals surface area contributed by atoms with E-state index in [1.807, 2.05) is 29.2 Å². The van der Waals surface area contributed by atoms with Gasteiger partial charge in [-0.15, -0.1) is 0 Å². The molecule has 1 unspecified atom stereocenters. The van der Waals surface area contributed by atoms with E-state index in [-0.39, 0.29) is 20.8 Å². The lowest BCUT2D eigenvalue weighted by molar-refractivity contribution is -0.696. The van der Waals surface area contributed by atoms with Crippen molar-refractivity contribution in [2.75, 3.05) is 0 Å². The second-order valence-electron chi connectivity index (χ2n) is 6.91. The first-order chi connectivity index (χ1) is 14.9. The number of benzene rings is 2. The lowest BCUT2D eigenvalue weighted by atomic mass is 10.3. The molecular weight excluding hydrogens is 457 g/mol. The van der Waals surface area contributed by atoms with Crippen molar-refractivity contribution in [2.24, 2.45) is 4.36 Å². The summed E-state index contributed by atoms with van der Waals surface area (Å²) in [5.74, 6) is 0.267. The molecule has 0 aliphatic rings. The molecule has 1 atom stereocenters. The first kappa shape index (κ1) is 21.7. The fraction of sp³-hybridized carbons (Fsp3) is 0.190. The van der Waals surface area contributed by atoms with Crippen LogP contribution in [-0.4, -0.2) is 23.3 Å². The van der Waals surface area contributed by atoms with Crippen LogP contribution in [-0.2, 0) is 16.6 Å². The van der Waals surface area contributed by atoms with E-state index in [9.17, 15) is 8.76 Å². The molecule has 0 N–H and O–H groups in total. The van der Waals surface area contributed by atoms with Gasteiger partial charge >= 0.3 is 0 Å². The summed E-state index contributed by atoms with van der Waals surface area (Å²) in [4.78, 5) is 8.91. The van der Waals surface area contributed by atoms with Crippen LogP contribution in [0.25, 0.3) is 16.9 Å². The van der Waals surface area contributed by atoms with Crippen molar-refractivity contribution in [2.45, 2.75) is 31.2 Å². The summed E-state index contributed by atoms with van der Waals surface area (Å²) in [5, 5.41) is 0.271. The molecule has 2 aromatic carbocycles. The van der Waals surface area contributed by atoms with Crippen molar-refractivity contribution < 1.29 is 13.3 Å². The van der Waals surface area contributed by atoms with Crippen LogP contribution in [0.5, 0.6) is 0 Å². The highest BCUT2D eigenvalue weighted by atomic mass is 35.5. The number of nitrogens with zero attached hydrogens (tertiary/aromatic N) is 5. The average Bonchev–Trinajstić information content (AvgIpc) is 3.22. The zero-order valence-corrected chi connectivity index (χ0v) is 18.9. The van der Waals surface area contributed by atoms with Gasteiger partial charge < -0.3 is 4.55 Å². The maximum atomic E-state index is 13.0. The maximum absolute atomic E-state index is 13.0. The van der Waals surface area contributed by atoms with E-state index in [1.54, 1.807) is 22.9 Å². The van der Waals surface area contributed by atoms with Crippen molar-refractivity contribution in [3.63, 3.8) is 0 Å². The zero-order valence-electron chi connectivity index (χ0n) is 16.6. The Morgan fingerprint density at radius 1 is 1.16 bits per heavy atom. The third-order valence-electron chi connectivity index (χ3n) is 4.62. The van der Waals surface area contributed by atoms with Gasteiger partial charge in [-0.05, 0) is 36.8 Å². The van der Waals surface area contributed by atoms with E-state index in [0.29, 0.717) is 16.9 Å². The van der Waals surface area contributed by atoms with Crippen LogP contribution in [0.1, 0.15) is 19.8 Å². The predicted octanol–water partition coefficient (Wildman–Crippen LogP) is 5.10. The van der Waals surface area contributed by atoms with E-state index in [4.69, 9.17) is 23.2 Å².